The Hall–Kier alpha value is -2.22. The largest absolute Gasteiger partial charge is 0.289 e. The summed E-state index contributed by atoms with van der Waals surface area (Å²) in [7, 11) is -3.83. The minimum absolute atomic E-state index is 0.118. The summed E-state index contributed by atoms with van der Waals surface area (Å²) in [4.78, 5) is 11.6. The molecule has 0 atom stereocenters. The van der Waals surface area contributed by atoms with Gasteiger partial charge >= 0.3 is 0 Å². The third-order valence-corrected chi connectivity index (χ3v) is 5.46. The molecule has 2 aromatic rings. The number of benzene rings is 2. The van der Waals surface area contributed by atoms with Crippen LogP contribution in [-0.2, 0) is 21.2 Å². The zero-order valence-electron chi connectivity index (χ0n) is 13.3. The molecule has 24 heavy (non-hydrogen) atoms. The molecule has 0 saturated heterocycles. The van der Waals surface area contributed by atoms with E-state index in [9.17, 15) is 13.2 Å². The molecule has 0 aromatic heterocycles. The van der Waals surface area contributed by atoms with Crippen LogP contribution < -0.4 is 5.48 Å². The van der Waals surface area contributed by atoms with E-state index < -0.39 is 22.5 Å². The van der Waals surface area contributed by atoms with Crippen LogP contribution in [0.3, 0.4) is 0 Å². The van der Waals surface area contributed by atoms with E-state index in [4.69, 9.17) is 5.21 Å². The van der Waals surface area contributed by atoms with Gasteiger partial charge in [-0.2, -0.15) is 4.31 Å². The summed E-state index contributed by atoms with van der Waals surface area (Å²) in [5.74, 6) is -0.779. The van der Waals surface area contributed by atoms with Gasteiger partial charge in [0.1, 0.15) is 0 Å². The number of hydrogen-bond donors (Lipinski definition) is 2. The van der Waals surface area contributed by atoms with Crippen molar-refractivity contribution in [3.05, 3.63) is 65.7 Å². The lowest BCUT2D eigenvalue weighted by Crippen LogP contribution is -2.40. The molecule has 0 bridgehead atoms. The number of hydroxylamine groups is 1. The fourth-order valence-electron chi connectivity index (χ4n) is 2.24. The van der Waals surface area contributed by atoms with Crippen molar-refractivity contribution in [2.24, 2.45) is 0 Å². The second-order valence-electron chi connectivity index (χ2n) is 5.42. The Labute approximate surface area is 141 Å². The fraction of sp³-hybridized carbons (Fsp3) is 0.235. The van der Waals surface area contributed by atoms with E-state index >= 15 is 0 Å². The van der Waals surface area contributed by atoms with Crippen LogP contribution in [0.25, 0.3) is 0 Å². The van der Waals surface area contributed by atoms with Crippen molar-refractivity contribution >= 4 is 15.9 Å². The Morgan fingerprint density at radius 1 is 1.08 bits per heavy atom. The zero-order chi connectivity index (χ0) is 17.6. The lowest BCUT2D eigenvalue weighted by Gasteiger charge is -2.21. The summed E-state index contributed by atoms with van der Waals surface area (Å²) >= 11 is 0. The van der Waals surface area contributed by atoms with Crippen molar-refractivity contribution in [3.63, 3.8) is 0 Å². The van der Waals surface area contributed by atoms with Crippen molar-refractivity contribution in [1.82, 2.24) is 9.79 Å². The van der Waals surface area contributed by atoms with E-state index in [1.54, 1.807) is 12.1 Å². The third kappa shape index (κ3) is 4.64. The molecule has 0 unspecified atom stereocenters. The summed E-state index contributed by atoms with van der Waals surface area (Å²) in [6.07, 6.45) is 0.463. The Balaban J connectivity index is 2.23. The predicted octanol–water partition coefficient (Wildman–Crippen LogP) is 1.73. The highest BCUT2D eigenvalue weighted by Crippen LogP contribution is 2.17. The van der Waals surface area contributed by atoms with Gasteiger partial charge in [0.05, 0.1) is 11.4 Å². The fourth-order valence-corrected chi connectivity index (χ4v) is 3.63. The standard InChI is InChI=1S/C17H20N2O4S/c1-14-7-9-16(10-8-14)24(22,23)19(13-17(20)18-21)12-11-15-5-3-2-4-6-15/h2-10,21H,11-13H2,1H3,(H,18,20). The number of rotatable bonds is 7. The van der Waals surface area contributed by atoms with Crippen molar-refractivity contribution in [2.45, 2.75) is 18.2 Å². The minimum atomic E-state index is -3.83. The maximum absolute atomic E-state index is 12.8. The molecular formula is C17H20N2O4S. The Morgan fingerprint density at radius 2 is 1.71 bits per heavy atom. The smallest absolute Gasteiger partial charge is 0.258 e. The summed E-state index contributed by atoms with van der Waals surface area (Å²) in [5.41, 5.74) is 3.39. The van der Waals surface area contributed by atoms with Crippen LogP contribution in [-0.4, -0.2) is 36.9 Å². The van der Waals surface area contributed by atoms with Gasteiger partial charge in [-0.25, -0.2) is 13.9 Å². The van der Waals surface area contributed by atoms with Gasteiger partial charge in [0.15, 0.2) is 0 Å². The van der Waals surface area contributed by atoms with Gasteiger partial charge in [-0.05, 0) is 31.0 Å². The Kier molecular flexibility index (Phi) is 6.08. The third-order valence-electron chi connectivity index (χ3n) is 3.60. The van der Waals surface area contributed by atoms with Gasteiger partial charge in [0.2, 0.25) is 10.0 Å². The molecule has 0 heterocycles. The molecule has 2 N–H and O–H groups in total. The first-order valence-corrected chi connectivity index (χ1v) is 8.91. The number of hydrogen-bond acceptors (Lipinski definition) is 4. The summed E-state index contributed by atoms with van der Waals surface area (Å²) < 4.78 is 26.6. The summed E-state index contributed by atoms with van der Waals surface area (Å²) in [6, 6.07) is 15.8. The molecule has 2 aromatic carbocycles. The quantitative estimate of drug-likeness (QED) is 0.589. The molecule has 0 radical (unpaired) electrons. The van der Waals surface area contributed by atoms with Crippen molar-refractivity contribution in [1.29, 1.82) is 0 Å². The first-order valence-electron chi connectivity index (χ1n) is 7.47. The molecule has 6 nitrogen and oxygen atoms in total. The van der Waals surface area contributed by atoms with Gasteiger partial charge < -0.3 is 0 Å². The molecule has 2 rings (SSSR count). The topological polar surface area (TPSA) is 86.7 Å². The number of nitrogens with one attached hydrogen (secondary N) is 1. The Bertz CT molecular complexity index is 774. The number of carbonyl (C=O) groups excluding carboxylic acids is 1. The van der Waals surface area contributed by atoms with Crippen LogP contribution in [0, 0.1) is 6.92 Å². The number of amides is 1. The molecule has 7 heteroatoms. The minimum Gasteiger partial charge on any atom is -0.289 e. The van der Waals surface area contributed by atoms with Crippen molar-refractivity contribution in [2.75, 3.05) is 13.1 Å². The number of sulfonamides is 1. The molecule has 1 amide bonds. The maximum atomic E-state index is 12.8. The van der Waals surface area contributed by atoms with E-state index in [0.29, 0.717) is 6.42 Å². The number of aryl methyl sites for hydroxylation is 1. The average molecular weight is 348 g/mol. The predicted molar refractivity (Wildman–Crippen MR) is 90.0 cm³/mol. The first kappa shape index (κ1) is 18.1. The van der Waals surface area contributed by atoms with Crippen LogP contribution in [0.1, 0.15) is 11.1 Å². The molecule has 0 aliphatic carbocycles. The van der Waals surface area contributed by atoms with E-state index in [1.165, 1.54) is 17.6 Å². The first-order chi connectivity index (χ1) is 11.4. The van der Waals surface area contributed by atoms with Crippen LogP contribution in [0.4, 0.5) is 0 Å². The second-order valence-corrected chi connectivity index (χ2v) is 7.36. The van der Waals surface area contributed by atoms with E-state index in [-0.39, 0.29) is 11.4 Å². The molecular weight excluding hydrogens is 328 g/mol. The van der Waals surface area contributed by atoms with Crippen LogP contribution >= 0.6 is 0 Å². The van der Waals surface area contributed by atoms with Crippen LogP contribution in [0.15, 0.2) is 59.5 Å². The SMILES string of the molecule is Cc1ccc(S(=O)(=O)N(CCc2ccccc2)CC(=O)NO)cc1. The van der Waals surface area contributed by atoms with Gasteiger partial charge in [-0.15, -0.1) is 0 Å². The van der Waals surface area contributed by atoms with Gasteiger partial charge in [-0.3, -0.25) is 10.0 Å². The molecule has 128 valence electrons. The molecule has 0 spiro atoms. The van der Waals surface area contributed by atoms with E-state index in [1.807, 2.05) is 37.3 Å². The van der Waals surface area contributed by atoms with Gasteiger partial charge in [-0.1, -0.05) is 48.0 Å². The molecule has 0 aliphatic rings. The zero-order valence-corrected chi connectivity index (χ0v) is 14.2. The normalized spacial score (nSPS) is 11.5. The number of nitrogens with zero attached hydrogens (tertiary/aromatic N) is 1. The lowest BCUT2D eigenvalue weighted by molar-refractivity contribution is -0.129. The van der Waals surface area contributed by atoms with Crippen molar-refractivity contribution in [3.8, 4) is 0 Å². The van der Waals surface area contributed by atoms with Gasteiger partial charge in [0.25, 0.3) is 5.91 Å². The lowest BCUT2D eigenvalue weighted by atomic mass is 10.1. The maximum Gasteiger partial charge on any atom is 0.258 e. The summed E-state index contributed by atoms with van der Waals surface area (Å²) in [6.45, 7) is 1.55. The highest BCUT2D eigenvalue weighted by atomic mass is 32.2. The monoisotopic (exact) mass is 348 g/mol. The molecule has 0 saturated carbocycles. The number of carbonyl (C=O) groups is 1. The summed E-state index contributed by atoms with van der Waals surface area (Å²) in [5, 5.41) is 8.72. The van der Waals surface area contributed by atoms with Gasteiger partial charge in [0, 0.05) is 6.54 Å². The average Bonchev–Trinajstić information content (AvgIpc) is 2.59. The second kappa shape index (κ2) is 8.05. The van der Waals surface area contributed by atoms with Crippen LogP contribution in [0.5, 0.6) is 0 Å². The van der Waals surface area contributed by atoms with Crippen molar-refractivity contribution < 1.29 is 18.4 Å². The highest BCUT2D eigenvalue weighted by molar-refractivity contribution is 7.89. The molecule has 0 fully saturated rings. The highest BCUT2D eigenvalue weighted by Gasteiger charge is 2.26. The van der Waals surface area contributed by atoms with E-state index in [0.717, 1.165) is 15.4 Å². The van der Waals surface area contributed by atoms with Crippen LogP contribution in [0.2, 0.25) is 0 Å². The molecule has 0 aliphatic heterocycles. The Morgan fingerprint density at radius 3 is 2.29 bits per heavy atom. The van der Waals surface area contributed by atoms with E-state index in [2.05, 4.69) is 0 Å².